The van der Waals surface area contributed by atoms with Gasteiger partial charge in [0.15, 0.2) is 11.5 Å². The number of fused-ring (bicyclic) bond motifs is 1. The second-order valence-electron chi connectivity index (χ2n) is 8.50. The molecule has 0 unspecified atom stereocenters. The van der Waals surface area contributed by atoms with Crippen molar-refractivity contribution in [2.75, 3.05) is 23.3 Å². The van der Waals surface area contributed by atoms with Crippen LogP contribution >= 0.6 is 0 Å². The minimum Gasteiger partial charge on any atom is -0.350 e. The molecule has 0 spiro atoms. The smallest absolute Gasteiger partial charge is 0.225 e. The van der Waals surface area contributed by atoms with Crippen LogP contribution in [-0.2, 0) is 6.42 Å². The lowest BCUT2D eigenvalue weighted by Gasteiger charge is -2.26. The monoisotopic (exact) mass is 480 g/mol. The lowest BCUT2D eigenvalue weighted by atomic mass is 10.1. The molecular formula is C24H24N12. The van der Waals surface area contributed by atoms with Gasteiger partial charge >= 0.3 is 0 Å². The van der Waals surface area contributed by atoms with Gasteiger partial charge in [0.05, 0.1) is 29.5 Å². The molecule has 12 heteroatoms. The Balaban J connectivity index is 1.23. The number of rotatable bonds is 6. The first-order valence-corrected chi connectivity index (χ1v) is 11.7. The number of pyridine rings is 1. The molecule has 1 aliphatic rings. The molecule has 1 aliphatic heterocycles. The second-order valence-corrected chi connectivity index (χ2v) is 8.50. The number of aromatic nitrogens is 10. The third-order valence-corrected chi connectivity index (χ3v) is 6.27. The molecule has 0 saturated heterocycles. The Morgan fingerprint density at radius 1 is 1.00 bits per heavy atom. The van der Waals surface area contributed by atoms with E-state index in [2.05, 4.69) is 58.7 Å². The highest BCUT2D eigenvalue weighted by molar-refractivity contribution is 5.77. The zero-order valence-corrected chi connectivity index (χ0v) is 19.9. The van der Waals surface area contributed by atoms with Crippen molar-refractivity contribution in [3.05, 3.63) is 72.6 Å². The summed E-state index contributed by atoms with van der Waals surface area (Å²) in [6, 6.07) is 3.80. The Morgan fingerprint density at radius 2 is 1.89 bits per heavy atom. The Morgan fingerprint density at radius 3 is 2.61 bits per heavy atom. The largest absolute Gasteiger partial charge is 0.350 e. The number of nitrogens with one attached hydrogen (secondary N) is 1. The first-order chi connectivity index (χ1) is 17.7. The Bertz CT molecular complexity index is 1540. The maximum atomic E-state index is 4.70. The Kier molecular flexibility index (Phi) is 5.52. The van der Waals surface area contributed by atoms with Gasteiger partial charge in [-0.1, -0.05) is 13.0 Å². The number of tetrazole rings is 1. The molecule has 6 rings (SSSR count). The summed E-state index contributed by atoms with van der Waals surface area (Å²) < 4.78 is 3.54. The highest BCUT2D eigenvalue weighted by Gasteiger charge is 2.19. The molecule has 0 radical (unpaired) electrons. The van der Waals surface area contributed by atoms with E-state index in [1.165, 1.54) is 16.6 Å². The van der Waals surface area contributed by atoms with Crippen molar-refractivity contribution < 1.29 is 0 Å². The predicted molar refractivity (Wildman–Crippen MR) is 134 cm³/mol. The van der Waals surface area contributed by atoms with Crippen LogP contribution in [0.1, 0.15) is 30.3 Å². The van der Waals surface area contributed by atoms with Gasteiger partial charge in [-0.25, -0.2) is 24.9 Å². The molecule has 0 saturated carbocycles. The fraction of sp³-hybridized carbons (Fsp3) is 0.250. The molecule has 0 bridgehead atoms. The van der Waals surface area contributed by atoms with Crippen molar-refractivity contribution in [2.45, 2.75) is 26.7 Å². The van der Waals surface area contributed by atoms with E-state index >= 15 is 0 Å². The molecule has 0 fully saturated rings. The van der Waals surface area contributed by atoms with E-state index in [1.807, 2.05) is 42.0 Å². The van der Waals surface area contributed by atoms with Gasteiger partial charge in [0.1, 0.15) is 18.3 Å². The third-order valence-electron chi connectivity index (χ3n) is 6.27. The van der Waals surface area contributed by atoms with Crippen LogP contribution in [0.2, 0.25) is 0 Å². The van der Waals surface area contributed by atoms with E-state index in [9.17, 15) is 0 Å². The summed E-state index contributed by atoms with van der Waals surface area (Å²) in [6.07, 6.45) is 14.8. The zero-order chi connectivity index (χ0) is 24.5. The van der Waals surface area contributed by atoms with Crippen molar-refractivity contribution in [1.29, 1.82) is 0 Å². The molecule has 0 aliphatic carbocycles. The zero-order valence-electron chi connectivity index (χ0n) is 19.9. The van der Waals surface area contributed by atoms with Crippen molar-refractivity contribution >= 4 is 28.5 Å². The van der Waals surface area contributed by atoms with E-state index in [0.717, 1.165) is 65.9 Å². The van der Waals surface area contributed by atoms with E-state index in [-0.39, 0.29) is 0 Å². The molecule has 180 valence electrons. The molecule has 1 N–H and O–H groups in total. The van der Waals surface area contributed by atoms with Gasteiger partial charge < -0.3 is 10.2 Å². The highest BCUT2D eigenvalue weighted by atomic mass is 15.5. The topological polar surface area (TPSA) is 128 Å². The molecule has 5 aromatic heterocycles. The number of aryl methyl sites for hydroxylation is 2. The van der Waals surface area contributed by atoms with Crippen molar-refractivity contribution in [2.24, 2.45) is 0 Å². The summed E-state index contributed by atoms with van der Waals surface area (Å²) in [4.78, 5) is 25.0. The molecule has 5 aromatic rings. The van der Waals surface area contributed by atoms with Gasteiger partial charge in [-0.15, -0.1) is 5.10 Å². The molecule has 12 nitrogen and oxygen atoms in total. The normalized spacial score (nSPS) is 13.7. The first kappa shape index (κ1) is 21.8. The second kappa shape index (κ2) is 9.13. The van der Waals surface area contributed by atoms with Crippen LogP contribution in [-0.4, -0.2) is 62.6 Å². The van der Waals surface area contributed by atoms with Crippen molar-refractivity contribution in [3.8, 4) is 5.82 Å². The number of hydrogen-bond donors (Lipinski definition) is 1. The summed E-state index contributed by atoms with van der Waals surface area (Å²) in [7, 11) is 0. The predicted octanol–water partition coefficient (Wildman–Crippen LogP) is 2.80. The number of anilines is 3. The fourth-order valence-corrected chi connectivity index (χ4v) is 4.23. The van der Waals surface area contributed by atoms with Gasteiger partial charge in [0.25, 0.3) is 0 Å². The maximum Gasteiger partial charge on any atom is 0.225 e. The van der Waals surface area contributed by atoms with Gasteiger partial charge in [0, 0.05) is 25.5 Å². The lowest BCUT2D eigenvalue weighted by Crippen LogP contribution is -2.30. The Labute approximate surface area is 206 Å². The van der Waals surface area contributed by atoms with Gasteiger partial charge in [0.2, 0.25) is 5.95 Å². The number of imidazole rings is 1. The van der Waals surface area contributed by atoms with Crippen LogP contribution in [0, 0.1) is 6.92 Å². The average Bonchev–Trinajstić information content (AvgIpc) is 3.61. The van der Waals surface area contributed by atoms with Crippen LogP contribution in [0.5, 0.6) is 0 Å². The highest BCUT2D eigenvalue weighted by Crippen LogP contribution is 2.28. The maximum absolute atomic E-state index is 4.70. The quantitative estimate of drug-likeness (QED) is 0.387. The van der Waals surface area contributed by atoms with Gasteiger partial charge in [-0.2, -0.15) is 4.68 Å². The van der Waals surface area contributed by atoms with Crippen LogP contribution in [0.25, 0.3) is 17.0 Å². The van der Waals surface area contributed by atoms with Crippen molar-refractivity contribution in [1.82, 2.24) is 49.5 Å². The fourth-order valence-electron chi connectivity index (χ4n) is 4.23. The minimum absolute atomic E-state index is 0.646. The van der Waals surface area contributed by atoms with Crippen LogP contribution < -0.4 is 10.2 Å². The van der Waals surface area contributed by atoms with E-state index in [1.54, 1.807) is 12.5 Å². The van der Waals surface area contributed by atoms with Crippen LogP contribution in [0.3, 0.4) is 0 Å². The summed E-state index contributed by atoms with van der Waals surface area (Å²) in [5.74, 6) is 1.41. The lowest BCUT2D eigenvalue weighted by molar-refractivity contribution is 0.768. The SMILES string of the molecule is CCc1cnc(N2CC=C(c3cnc4c(Nc5ccc(-n6cnnn6)nc5C)cncn34)CC2)nc1. The van der Waals surface area contributed by atoms with E-state index < -0.39 is 0 Å². The van der Waals surface area contributed by atoms with Crippen molar-refractivity contribution in [3.63, 3.8) is 0 Å². The number of nitrogens with zero attached hydrogens (tertiary/aromatic N) is 11. The standard InChI is InChI=1S/C24H24N12/c1-3-17-10-27-24(28-11-17)34-8-6-18(7-9-34)21-13-26-23-20(12-25-14-35(21)23)31-19-4-5-22(30-16(19)2)36-15-29-32-33-36/h4-6,10-15,31H,3,7-9H2,1-2H3. The van der Waals surface area contributed by atoms with Crippen LogP contribution in [0.15, 0.2) is 55.7 Å². The summed E-state index contributed by atoms with van der Waals surface area (Å²) in [6.45, 7) is 5.62. The molecule has 0 aromatic carbocycles. The molecule has 6 heterocycles. The van der Waals surface area contributed by atoms with Crippen LogP contribution in [0.4, 0.5) is 17.3 Å². The third kappa shape index (κ3) is 4.02. The first-order valence-electron chi connectivity index (χ1n) is 11.7. The van der Waals surface area contributed by atoms with Gasteiger partial charge in [-0.05, 0) is 53.5 Å². The molecule has 0 atom stereocenters. The number of hydrogen-bond acceptors (Lipinski definition) is 10. The minimum atomic E-state index is 0.646. The average molecular weight is 481 g/mol. The Hall–Kier alpha value is -4.74. The molecular weight excluding hydrogens is 456 g/mol. The van der Waals surface area contributed by atoms with E-state index in [4.69, 9.17) is 4.98 Å². The van der Waals surface area contributed by atoms with Gasteiger partial charge in [-0.3, -0.25) is 4.40 Å². The summed E-state index contributed by atoms with van der Waals surface area (Å²) in [5, 5.41) is 14.6. The molecule has 36 heavy (non-hydrogen) atoms. The van der Waals surface area contributed by atoms with E-state index in [0.29, 0.717) is 5.82 Å². The molecule has 0 amide bonds. The summed E-state index contributed by atoms with van der Waals surface area (Å²) >= 11 is 0. The summed E-state index contributed by atoms with van der Waals surface area (Å²) in [5.41, 5.74) is 6.66.